The van der Waals surface area contributed by atoms with E-state index in [0.29, 0.717) is 17.9 Å². The molecule has 0 N–H and O–H groups in total. The zero-order chi connectivity index (χ0) is 17.1. The lowest BCUT2D eigenvalue weighted by Gasteiger charge is -2.29. The summed E-state index contributed by atoms with van der Waals surface area (Å²) in [5, 5.41) is 0. The van der Waals surface area contributed by atoms with Crippen molar-refractivity contribution in [2.45, 2.75) is 32.2 Å². The van der Waals surface area contributed by atoms with Crippen LogP contribution in [0.4, 0.5) is 5.82 Å². The fourth-order valence-electron chi connectivity index (χ4n) is 3.59. The van der Waals surface area contributed by atoms with Gasteiger partial charge in [-0.3, -0.25) is 9.88 Å². The molecule has 0 amide bonds. The predicted molar refractivity (Wildman–Crippen MR) is 97.1 cm³/mol. The number of hydrogen-bond donors (Lipinski definition) is 0. The van der Waals surface area contributed by atoms with E-state index in [9.17, 15) is 0 Å². The Morgan fingerprint density at radius 3 is 2.83 bits per heavy atom. The highest BCUT2D eigenvalue weighted by Crippen LogP contribution is 2.36. The van der Waals surface area contributed by atoms with Crippen molar-refractivity contribution in [1.82, 2.24) is 19.9 Å². The third-order valence-corrected chi connectivity index (χ3v) is 4.88. The van der Waals surface area contributed by atoms with Crippen molar-refractivity contribution in [1.29, 1.82) is 0 Å². The molecule has 0 saturated carbocycles. The zero-order valence-electron chi connectivity index (χ0n) is 15.1. The Bertz CT molecular complexity index is 658. The first-order valence-electron chi connectivity index (χ1n) is 8.70. The van der Waals surface area contributed by atoms with E-state index in [4.69, 9.17) is 4.98 Å². The standard InChI is InChI=1S/C19H27N5/c1-14(2)19-21-10-7-17(22-19)24(4)13-16-8-11-23(3)18(16)15-6-5-9-20-12-15/h5-7,9-10,12,14,16,18H,8,11,13H2,1-4H3/t16-,18-/m0/s1. The van der Waals surface area contributed by atoms with Gasteiger partial charge in [0.2, 0.25) is 0 Å². The van der Waals surface area contributed by atoms with Crippen LogP contribution in [0.1, 0.15) is 43.6 Å². The molecule has 2 atom stereocenters. The lowest BCUT2D eigenvalue weighted by atomic mass is 9.94. The Hall–Kier alpha value is -2.01. The summed E-state index contributed by atoms with van der Waals surface area (Å²) >= 11 is 0. The van der Waals surface area contributed by atoms with Crippen molar-refractivity contribution in [2.24, 2.45) is 5.92 Å². The quantitative estimate of drug-likeness (QED) is 0.845. The second kappa shape index (κ2) is 7.26. The summed E-state index contributed by atoms with van der Waals surface area (Å²) in [5.74, 6) is 2.83. The van der Waals surface area contributed by atoms with Gasteiger partial charge in [0.05, 0.1) is 0 Å². The number of nitrogens with zero attached hydrogens (tertiary/aromatic N) is 5. The van der Waals surface area contributed by atoms with Crippen LogP contribution in [0.5, 0.6) is 0 Å². The molecule has 0 radical (unpaired) electrons. The molecule has 1 aliphatic rings. The van der Waals surface area contributed by atoms with E-state index >= 15 is 0 Å². The van der Waals surface area contributed by atoms with Crippen molar-refractivity contribution >= 4 is 5.82 Å². The summed E-state index contributed by atoms with van der Waals surface area (Å²) in [5.41, 5.74) is 1.31. The van der Waals surface area contributed by atoms with E-state index in [1.54, 1.807) is 0 Å². The fourth-order valence-corrected chi connectivity index (χ4v) is 3.59. The molecule has 0 bridgehead atoms. The first-order chi connectivity index (χ1) is 11.6. The van der Waals surface area contributed by atoms with E-state index in [1.165, 1.54) is 12.0 Å². The normalized spacial score (nSPS) is 21.4. The molecule has 1 aliphatic heterocycles. The van der Waals surface area contributed by atoms with Crippen LogP contribution in [0, 0.1) is 5.92 Å². The number of rotatable bonds is 5. The number of pyridine rings is 1. The van der Waals surface area contributed by atoms with Crippen molar-refractivity contribution in [3.05, 3.63) is 48.2 Å². The number of hydrogen-bond acceptors (Lipinski definition) is 5. The minimum atomic E-state index is 0.346. The summed E-state index contributed by atoms with van der Waals surface area (Å²) in [4.78, 5) is 18.1. The van der Waals surface area contributed by atoms with E-state index in [1.807, 2.05) is 30.7 Å². The highest BCUT2D eigenvalue weighted by atomic mass is 15.2. The Kier molecular flexibility index (Phi) is 5.09. The van der Waals surface area contributed by atoms with Crippen LogP contribution in [0.3, 0.4) is 0 Å². The second-order valence-corrected chi connectivity index (χ2v) is 7.07. The van der Waals surface area contributed by atoms with E-state index in [2.05, 4.69) is 53.8 Å². The minimum absolute atomic E-state index is 0.346. The van der Waals surface area contributed by atoms with Crippen molar-refractivity contribution in [3.8, 4) is 0 Å². The van der Waals surface area contributed by atoms with Crippen molar-refractivity contribution in [3.63, 3.8) is 0 Å². The van der Waals surface area contributed by atoms with Gasteiger partial charge in [-0.05, 0) is 43.6 Å². The van der Waals surface area contributed by atoms with Gasteiger partial charge in [-0.1, -0.05) is 19.9 Å². The Morgan fingerprint density at radius 1 is 1.29 bits per heavy atom. The zero-order valence-corrected chi connectivity index (χ0v) is 15.1. The van der Waals surface area contributed by atoms with Crippen molar-refractivity contribution < 1.29 is 0 Å². The molecule has 5 heteroatoms. The Balaban J connectivity index is 1.76. The molecule has 3 rings (SSSR count). The number of anilines is 1. The topological polar surface area (TPSA) is 45.2 Å². The summed E-state index contributed by atoms with van der Waals surface area (Å²) < 4.78 is 0. The molecule has 24 heavy (non-hydrogen) atoms. The van der Waals surface area contributed by atoms with Gasteiger partial charge in [0, 0.05) is 44.1 Å². The lowest BCUT2D eigenvalue weighted by molar-refractivity contribution is 0.278. The van der Waals surface area contributed by atoms with Gasteiger partial charge >= 0.3 is 0 Å². The molecule has 3 heterocycles. The average molecular weight is 325 g/mol. The van der Waals surface area contributed by atoms with Gasteiger partial charge in [0.15, 0.2) is 0 Å². The molecule has 0 unspecified atom stereocenters. The van der Waals surface area contributed by atoms with E-state index < -0.39 is 0 Å². The number of aromatic nitrogens is 3. The van der Waals surface area contributed by atoms with Crippen LogP contribution < -0.4 is 4.90 Å². The van der Waals surface area contributed by atoms with E-state index in [0.717, 1.165) is 24.7 Å². The number of likely N-dealkylation sites (tertiary alicyclic amines) is 1. The molecule has 0 spiro atoms. The maximum atomic E-state index is 4.72. The predicted octanol–water partition coefficient (Wildman–Crippen LogP) is 3.12. The molecule has 2 aromatic rings. The van der Waals surface area contributed by atoms with Gasteiger partial charge in [-0.2, -0.15) is 0 Å². The monoisotopic (exact) mass is 325 g/mol. The highest BCUT2D eigenvalue weighted by Gasteiger charge is 2.33. The lowest BCUT2D eigenvalue weighted by Crippen LogP contribution is -2.30. The first kappa shape index (κ1) is 16.8. The average Bonchev–Trinajstić information content (AvgIpc) is 2.96. The molecule has 0 aromatic carbocycles. The Labute approximate surface area is 144 Å². The molecule has 1 fully saturated rings. The fraction of sp³-hybridized carbons (Fsp3) is 0.526. The van der Waals surface area contributed by atoms with Crippen LogP contribution in [-0.4, -0.2) is 47.0 Å². The van der Waals surface area contributed by atoms with Crippen LogP contribution in [0.25, 0.3) is 0 Å². The first-order valence-corrected chi connectivity index (χ1v) is 8.70. The van der Waals surface area contributed by atoms with Gasteiger partial charge in [-0.25, -0.2) is 9.97 Å². The highest BCUT2D eigenvalue weighted by molar-refractivity contribution is 5.37. The summed E-state index contributed by atoms with van der Waals surface area (Å²) in [6, 6.07) is 6.65. The van der Waals surface area contributed by atoms with Gasteiger partial charge < -0.3 is 4.90 Å². The second-order valence-electron chi connectivity index (χ2n) is 7.07. The molecule has 2 aromatic heterocycles. The van der Waals surface area contributed by atoms with Crippen LogP contribution >= 0.6 is 0 Å². The maximum Gasteiger partial charge on any atom is 0.133 e. The summed E-state index contributed by atoms with van der Waals surface area (Å²) in [6.45, 7) is 6.37. The minimum Gasteiger partial charge on any atom is -0.359 e. The SMILES string of the molecule is CC(C)c1nccc(N(C)C[C@@H]2CCN(C)[C@H]2c2cccnc2)n1. The molecular weight excluding hydrogens is 298 g/mol. The van der Waals surface area contributed by atoms with Gasteiger partial charge in [0.1, 0.15) is 11.6 Å². The van der Waals surface area contributed by atoms with E-state index in [-0.39, 0.29) is 0 Å². The molecule has 0 aliphatic carbocycles. The molecular formula is C19H27N5. The largest absolute Gasteiger partial charge is 0.359 e. The van der Waals surface area contributed by atoms with Crippen molar-refractivity contribution in [2.75, 3.05) is 32.1 Å². The molecule has 128 valence electrons. The molecule has 1 saturated heterocycles. The molecule has 5 nitrogen and oxygen atoms in total. The van der Waals surface area contributed by atoms with Gasteiger partial charge in [-0.15, -0.1) is 0 Å². The maximum absolute atomic E-state index is 4.72. The summed E-state index contributed by atoms with van der Waals surface area (Å²) in [7, 11) is 4.34. The van der Waals surface area contributed by atoms with Crippen LogP contribution in [0.15, 0.2) is 36.8 Å². The smallest absolute Gasteiger partial charge is 0.133 e. The summed E-state index contributed by atoms with van der Waals surface area (Å²) in [6.07, 6.45) is 6.91. The van der Waals surface area contributed by atoms with Crippen LogP contribution in [0.2, 0.25) is 0 Å². The van der Waals surface area contributed by atoms with Gasteiger partial charge in [0.25, 0.3) is 0 Å². The third kappa shape index (κ3) is 3.56. The Morgan fingerprint density at radius 2 is 2.12 bits per heavy atom. The third-order valence-electron chi connectivity index (χ3n) is 4.88. The van der Waals surface area contributed by atoms with Crippen LogP contribution in [-0.2, 0) is 0 Å².